The first-order valence-corrected chi connectivity index (χ1v) is 10.7. The number of carbonyl (C=O) groups excluding carboxylic acids is 1. The van der Waals surface area contributed by atoms with Gasteiger partial charge in [-0.15, -0.1) is 0 Å². The molecule has 6 nitrogen and oxygen atoms in total. The first kappa shape index (κ1) is 21.6. The Morgan fingerprint density at radius 2 is 1.74 bits per heavy atom. The molecule has 1 aliphatic heterocycles. The van der Waals surface area contributed by atoms with Crippen LogP contribution in [0.1, 0.15) is 40.2 Å². The first-order chi connectivity index (χ1) is 14.5. The van der Waals surface area contributed by atoms with Crippen LogP contribution in [0.4, 0.5) is 9.18 Å². The fraction of sp³-hybridized carbons (Fsp3) is 0.500. The van der Waals surface area contributed by atoms with Crippen LogP contribution in [0.2, 0.25) is 0 Å². The lowest BCUT2D eigenvalue weighted by molar-refractivity contribution is 0.0470. The minimum absolute atomic E-state index is 0.159. The third-order valence-electron chi connectivity index (χ3n) is 5.75. The van der Waals surface area contributed by atoms with Gasteiger partial charge in [0.1, 0.15) is 17.5 Å². The molecule has 0 spiro atoms. The van der Waals surface area contributed by atoms with Crippen molar-refractivity contribution in [2.24, 2.45) is 11.8 Å². The van der Waals surface area contributed by atoms with E-state index in [0.29, 0.717) is 23.4 Å². The molecule has 0 radical (unpaired) electrons. The van der Waals surface area contributed by atoms with E-state index in [1.807, 2.05) is 46.8 Å². The number of pyridine rings is 1. The van der Waals surface area contributed by atoms with E-state index in [1.54, 1.807) is 12.1 Å². The largest absolute Gasteiger partial charge is 0.474 e. The summed E-state index contributed by atoms with van der Waals surface area (Å²) >= 11 is 0. The topological polar surface area (TPSA) is 72.5 Å². The van der Waals surface area contributed by atoms with E-state index in [0.717, 1.165) is 24.2 Å². The summed E-state index contributed by atoms with van der Waals surface area (Å²) in [6.45, 7) is 11.2. The molecule has 31 heavy (non-hydrogen) atoms. The van der Waals surface area contributed by atoms with E-state index in [-0.39, 0.29) is 11.9 Å². The van der Waals surface area contributed by atoms with Crippen LogP contribution in [0.25, 0.3) is 11.3 Å². The number of halogens is 1. The summed E-state index contributed by atoms with van der Waals surface area (Å²) in [4.78, 5) is 17.1. The standard InChI is InChI=1S/C24H30FN3O3/c1-23(2,3)31-22(29)28-24(4,5)15-10-19(14-6-8-16(25)9-7-14)27-20(11-15)30-21-17-12-26-13-18(17)21/h6-11,17-18,21,26H,12-13H2,1-5H3,(H,28,29)/t17-,18+,21?. The number of hydrogen-bond donors (Lipinski definition) is 2. The van der Waals surface area contributed by atoms with E-state index in [1.165, 1.54) is 12.1 Å². The van der Waals surface area contributed by atoms with Gasteiger partial charge in [-0.2, -0.15) is 0 Å². The van der Waals surface area contributed by atoms with Crippen molar-refractivity contribution < 1.29 is 18.7 Å². The Kier molecular flexibility index (Phi) is 5.41. The number of piperidine rings is 1. The summed E-state index contributed by atoms with van der Waals surface area (Å²) in [7, 11) is 0. The van der Waals surface area contributed by atoms with Gasteiger partial charge in [0, 0.05) is 36.6 Å². The quantitative estimate of drug-likeness (QED) is 0.747. The zero-order chi connectivity index (χ0) is 22.4. The van der Waals surface area contributed by atoms with Crippen LogP contribution in [0.15, 0.2) is 36.4 Å². The van der Waals surface area contributed by atoms with E-state index >= 15 is 0 Å². The number of hydrogen-bond acceptors (Lipinski definition) is 5. The van der Waals surface area contributed by atoms with Crippen molar-refractivity contribution in [1.82, 2.24) is 15.6 Å². The summed E-state index contributed by atoms with van der Waals surface area (Å²) in [5.74, 6) is 1.25. The Bertz CT molecular complexity index is 959. The molecule has 1 saturated carbocycles. The summed E-state index contributed by atoms with van der Waals surface area (Å²) in [6, 6.07) is 9.96. The minimum Gasteiger partial charge on any atom is -0.474 e. The van der Waals surface area contributed by atoms with Crippen molar-refractivity contribution in [1.29, 1.82) is 0 Å². The number of fused-ring (bicyclic) bond motifs is 1. The second kappa shape index (κ2) is 7.79. The van der Waals surface area contributed by atoms with E-state index in [2.05, 4.69) is 15.6 Å². The Morgan fingerprint density at radius 3 is 2.35 bits per heavy atom. The van der Waals surface area contributed by atoms with Crippen molar-refractivity contribution in [3.05, 3.63) is 47.8 Å². The number of alkyl carbamates (subject to hydrolysis) is 1. The number of benzene rings is 1. The van der Waals surface area contributed by atoms with Gasteiger partial charge in [-0.05, 0) is 70.5 Å². The first-order valence-electron chi connectivity index (χ1n) is 10.7. The second-order valence-corrected chi connectivity index (χ2v) is 9.91. The third kappa shape index (κ3) is 4.98. The smallest absolute Gasteiger partial charge is 0.408 e. The molecule has 1 amide bonds. The summed E-state index contributed by atoms with van der Waals surface area (Å²) < 4.78 is 25.1. The van der Waals surface area contributed by atoms with Gasteiger partial charge in [-0.25, -0.2) is 14.2 Å². The molecular formula is C24H30FN3O3. The lowest BCUT2D eigenvalue weighted by Gasteiger charge is -2.29. The van der Waals surface area contributed by atoms with E-state index < -0.39 is 17.2 Å². The van der Waals surface area contributed by atoms with Gasteiger partial charge >= 0.3 is 6.09 Å². The van der Waals surface area contributed by atoms with Crippen molar-refractivity contribution >= 4 is 6.09 Å². The number of rotatable bonds is 5. The predicted octanol–water partition coefficient (Wildman–Crippen LogP) is 4.24. The van der Waals surface area contributed by atoms with Crippen molar-refractivity contribution in [3.63, 3.8) is 0 Å². The highest BCUT2D eigenvalue weighted by molar-refractivity contribution is 5.69. The van der Waals surface area contributed by atoms with E-state index in [4.69, 9.17) is 9.47 Å². The van der Waals surface area contributed by atoms with Crippen LogP contribution >= 0.6 is 0 Å². The number of carbonyl (C=O) groups is 1. The average molecular weight is 428 g/mol. The molecule has 2 aromatic rings. The molecule has 1 aliphatic carbocycles. The molecular weight excluding hydrogens is 397 g/mol. The number of ether oxygens (including phenoxy) is 2. The van der Waals surface area contributed by atoms with Crippen LogP contribution < -0.4 is 15.4 Å². The Balaban J connectivity index is 1.63. The molecule has 2 heterocycles. The van der Waals surface area contributed by atoms with Crippen molar-refractivity contribution in [2.75, 3.05) is 13.1 Å². The molecule has 7 heteroatoms. The highest BCUT2D eigenvalue weighted by atomic mass is 19.1. The predicted molar refractivity (Wildman–Crippen MR) is 116 cm³/mol. The van der Waals surface area contributed by atoms with Crippen LogP contribution in [0.5, 0.6) is 5.88 Å². The second-order valence-electron chi connectivity index (χ2n) is 9.91. The molecule has 4 rings (SSSR count). The highest BCUT2D eigenvalue weighted by Gasteiger charge is 2.55. The molecule has 3 atom stereocenters. The fourth-order valence-corrected chi connectivity index (χ4v) is 4.00. The molecule has 1 saturated heterocycles. The molecule has 2 N–H and O–H groups in total. The Hall–Kier alpha value is -2.67. The highest BCUT2D eigenvalue weighted by Crippen LogP contribution is 2.44. The summed E-state index contributed by atoms with van der Waals surface area (Å²) in [5, 5.41) is 6.30. The monoisotopic (exact) mass is 427 g/mol. The third-order valence-corrected chi connectivity index (χ3v) is 5.75. The zero-order valence-corrected chi connectivity index (χ0v) is 18.7. The van der Waals surface area contributed by atoms with E-state index in [9.17, 15) is 9.18 Å². The normalized spacial score (nSPS) is 22.6. The maximum absolute atomic E-state index is 13.4. The Labute approximate surface area is 182 Å². The maximum Gasteiger partial charge on any atom is 0.408 e. The van der Waals surface area contributed by atoms with Gasteiger partial charge in [0.2, 0.25) is 5.88 Å². The van der Waals surface area contributed by atoms with Crippen LogP contribution in [0.3, 0.4) is 0 Å². The summed E-state index contributed by atoms with van der Waals surface area (Å²) in [6.07, 6.45) is -0.338. The van der Waals surface area contributed by atoms with Gasteiger partial charge in [0.05, 0.1) is 11.2 Å². The molecule has 166 valence electrons. The lowest BCUT2D eigenvalue weighted by Crippen LogP contribution is -2.43. The fourth-order valence-electron chi connectivity index (χ4n) is 4.00. The average Bonchev–Trinajstić information content (AvgIpc) is 3.08. The van der Waals surface area contributed by atoms with Gasteiger partial charge < -0.3 is 20.1 Å². The van der Waals surface area contributed by atoms with Gasteiger partial charge in [0.15, 0.2) is 0 Å². The maximum atomic E-state index is 13.4. The molecule has 2 aliphatic rings. The SMILES string of the molecule is CC(C)(C)OC(=O)NC(C)(C)c1cc(OC2[C@H]3CNC[C@@H]23)nc(-c2ccc(F)cc2)c1. The molecule has 0 bridgehead atoms. The van der Waals surface area contributed by atoms with Crippen molar-refractivity contribution in [3.8, 4) is 17.1 Å². The molecule has 1 unspecified atom stereocenters. The lowest BCUT2D eigenvalue weighted by atomic mass is 9.93. The van der Waals surface area contributed by atoms with Gasteiger partial charge in [-0.3, -0.25) is 0 Å². The number of amides is 1. The van der Waals surface area contributed by atoms with Crippen LogP contribution in [-0.2, 0) is 10.3 Å². The number of aromatic nitrogens is 1. The number of nitrogens with zero attached hydrogens (tertiary/aromatic N) is 1. The van der Waals surface area contributed by atoms with Gasteiger partial charge in [-0.1, -0.05) is 0 Å². The minimum atomic E-state index is -0.737. The molecule has 1 aromatic heterocycles. The summed E-state index contributed by atoms with van der Waals surface area (Å²) in [5.41, 5.74) is 0.934. The van der Waals surface area contributed by atoms with Crippen LogP contribution in [0, 0.1) is 17.7 Å². The zero-order valence-electron chi connectivity index (χ0n) is 18.7. The molecule has 2 fully saturated rings. The van der Waals surface area contributed by atoms with Crippen molar-refractivity contribution in [2.45, 2.75) is 51.9 Å². The molecule has 1 aromatic carbocycles. The van der Waals surface area contributed by atoms with Crippen LogP contribution in [-0.4, -0.2) is 35.9 Å². The van der Waals surface area contributed by atoms with Gasteiger partial charge in [0.25, 0.3) is 0 Å². The Morgan fingerprint density at radius 1 is 1.10 bits per heavy atom. The number of nitrogens with one attached hydrogen (secondary N) is 2.